The van der Waals surface area contributed by atoms with Gasteiger partial charge in [0.1, 0.15) is 6.04 Å². The van der Waals surface area contributed by atoms with E-state index in [0.29, 0.717) is 19.7 Å². The molecular formula is C17H25N3O3. The van der Waals surface area contributed by atoms with Crippen LogP contribution in [0.5, 0.6) is 0 Å². The van der Waals surface area contributed by atoms with E-state index in [2.05, 4.69) is 17.0 Å². The van der Waals surface area contributed by atoms with Crippen molar-refractivity contribution in [3.8, 4) is 0 Å². The zero-order valence-corrected chi connectivity index (χ0v) is 13.6. The van der Waals surface area contributed by atoms with E-state index in [1.165, 1.54) is 5.56 Å². The number of methoxy groups -OCH3 is 1. The van der Waals surface area contributed by atoms with Gasteiger partial charge in [0.2, 0.25) is 11.8 Å². The third kappa shape index (κ3) is 5.04. The quantitative estimate of drug-likeness (QED) is 0.782. The van der Waals surface area contributed by atoms with Crippen molar-refractivity contribution in [2.75, 3.05) is 39.9 Å². The Hall–Kier alpha value is -1.92. The van der Waals surface area contributed by atoms with E-state index < -0.39 is 11.9 Å². The summed E-state index contributed by atoms with van der Waals surface area (Å²) in [5, 5.41) is 0. The lowest BCUT2D eigenvalue weighted by atomic mass is 10.1. The average Bonchev–Trinajstić information content (AvgIpc) is 2.58. The van der Waals surface area contributed by atoms with Crippen LogP contribution in [0, 0.1) is 0 Å². The van der Waals surface area contributed by atoms with Crippen molar-refractivity contribution in [3.63, 3.8) is 0 Å². The van der Waals surface area contributed by atoms with Gasteiger partial charge in [-0.3, -0.25) is 14.5 Å². The second kappa shape index (κ2) is 8.64. The molecule has 1 aliphatic rings. The van der Waals surface area contributed by atoms with Gasteiger partial charge in [0.25, 0.3) is 0 Å². The topological polar surface area (TPSA) is 75.9 Å². The number of carbonyl (C=O) groups is 2. The average molecular weight is 319 g/mol. The van der Waals surface area contributed by atoms with E-state index in [9.17, 15) is 9.59 Å². The number of carbonyl (C=O) groups excluding carboxylic acids is 2. The summed E-state index contributed by atoms with van der Waals surface area (Å²) < 4.78 is 4.93. The molecule has 1 aliphatic heterocycles. The summed E-state index contributed by atoms with van der Waals surface area (Å²) in [7, 11) is 1.56. The van der Waals surface area contributed by atoms with Crippen molar-refractivity contribution in [3.05, 3.63) is 35.9 Å². The monoisotopic (exact) mass is 319 g/mol. The van der Waals surface area contributed by atoms with Gasteiger partial charge in [-0.2, -0.15) is 0 Å². The van der Waals surface area contributed by atoms with Crippen LogP contribution in [0.2, 0.25) is 0 Å². The Bertz CT molecular complexity index is 521. The van der Waals surface area contributed by atoms with Crippen LogP contribution in [0.25, 0.3) is 0 Å². The van der Waals surface area contributed by atoms with Gasteiger partial charge in [-0.05, 0) is 12.0 Å². The number of primary amides is 1. The number of amides is 2. The van der Waals surface area contributed by atoms with Crippen molar-refractivity contribution in [1.29, 1.82) is 0 Å². The molecule has 2 amide bonds. The molecule has 1 aromatic carbocycles. The minimum atomic E-state index is -0.552. The van der Waals surface area contributed by atoms with Gasteiger partial charge < -0.3 is 15.4 Å². The normalized spacial score (nSPS) is 18.8. The van der Waals surface area contributed by atoms with Crippen LogP contribution in [0.1, 0.15) is 12.0 Å². The summed E-state index contributed by atoms with van der Waals surface area (Å²) in [4.78, 5) is 27.7. The van der Waals surface area contributed by atoms with Crippen LogP contribution in [0.4, 0.5) is 0 Å². The number of hydrogen-bond donors (Lipinski definition) is 1. The number of nitrogens with zero attached hydrogens (tertiary/aromatic N) is 2. The van der Waals surface area contributed by atoms with Gasteiger partial charge in [0, 0.05) is 33.3 Å². The van der Waals surface area contributed by atoms with Gasteiger partial charge in [-0.25, -0.2) is 0 Å². The highest BCUT2D eigenvalue weighted by Gasteiger charge is 2.33. The maximum absolute atomic E-state index is 12.2. The first-order valence-electron chi connectivity index (χ1n) is 7.96. The Morgan fingerprint density at radius 1 is 1.26 bits per heavy atom. The van der Waals surface area contributed by atoms with Crippen molar-refractivity contribution >= 4 is 11.8 Å². The van der Waals surface area contributed by atoms with Gasteiger partial charge in [-0.1, -0.05) is 30.3 Å². The second-order valence-corrected chi connectivity index (χ2v) is 5.78. The molecule has 1 saturated heterocycles. The fourth-order valence-electron chi connectivity index (χ4n) is 2.85. The lowest BCUT2D eigenvalue weighted by Crippen LogP contribution is -2.60. The SMILES string of the molecule is COCCC(=O)N1CCN(CCc2ccccc2)CC1C(N)=O. The summed E-state index contributed by atoms with van der Waals surface area (Å²) in [6, 6.07) is 9.68. The Morgan fingerprint density at radius 2 is 2.00 bits per heavy atom. The molecule has 126 valence electrons. The highest BCUT2D eigenvalue weighted by molar-refractivity contribution is 5.87. The summed E-state index contributed by atoms with van der Waals surface area (Å²) in [5.41, 5.74) is 6.77. The molecule has 1 aromatic rings. The molecule has 0 aliphatic carbocycles. The predicted molar refractivity (Wildman–Crippen MR) is 87.8 cm³/mol. The number of ether oxygens (including phenoxy) is 1. The van der Waals surface area contributed by atoms with Gasteiger partial charge in [0.05, 0.1) is 13.0 Å². The fraction of sp³-hybridized carbons (Fsp3) is 0.529. The molecule has 0 spiro atoms. The molecule has 0 aromatic heterocycles. The molecule has 0 saturated carbocycles. The van der Waals surface area contributed by atoms with Gasteiger partial charge in [0.15, 0.2) is 0 Å². The van der Waals surface area contributed by atoms with Crippen LogP contribution in [-0.2, 0) is 20.7 Å². The molecule has 6 nitrogen and oxygen atoms in total. The fourth-order valence-corrected chi connectivity index (χ4v) is 2.85. The number of benzene rings is 1. The van der Waals surface area contributed by atoms with Crippen LogP contribution in [-0.4, -0.2) is 67.6 Å². The van der Waals surface area contributed by atoms with Crippen molar-refractivity contribution in [2.24, 2.45) is 5.73 Å². The standard InChI is InChI=1S/C17H25N3O3/c1-23-12-8-16(21)20-11-10-19(13-15(20)17(18)22)9-7-14-5-3-2-4-6-14/h2-6,15H,7-13H2,1H3,(H2,18,22). The van der Waals surface area contributed by atoms with Gasteiger partial charge in [-0.15, -0.1) is 0 Å². The third-order valence-corrected chi connectivity index (χ3v) is 4.19. The van der Waals surface area contributed by atoms with Crippen molar-refractivity contribution in [2.45, 2.75) is 18.9 Å². The predicted octanol–water partition coefficient (Wildman–Crippen LogP) is 0.264. The first kappa shape index (κ1) is 17.4. The molecule has 0 radical (unpaired) electrons. The first-order chi connectivity index (χ1) is 11.1. The molecule has 2 rings (SSSR count). The molecule has 1 heterocycles. The lowest BCUT2D eigenvalue weighted by Gasteiger charge is -2.40. The van der Waals surface area contributed by atoms with Gasteiger partial charge >= 0.3 is 0 Å². The zero-order valence-electron chi connectivity index (χ0n) is 13.6. The van der Waals surface area contributed by atoms with Crippen LogP contribution in [0.3, 0.4) is 0 Å². The van der Waals surface area contributed by atoms with Crippen molar-refractivity contribution < 1.29 is 14.3 Å². The lowest BCUT2D eigenvalue weighted by molar-refractivity contribution is -0.143. The summed E-state index contributed by atoms with van der Waals surface area (Å²) in [5.74, 6) is -0.515. The Morgan fingerprint density at radius 3 is 2.65 bits per heavy atom. The largest absolute Gasteiger partial charge is 0.384 e. The van der Waals surface area contributed by atoms with E-state index >= 15 is 0 Å². The van der Waals surface area contributed by atoms with E-state index in [1.54, 1.807) is 12.0 Å². The van der Waals surface area contributed by atoms with Crippen LogP contribution < -0.4 is 5.73 Å². The Labute approximate surface area is 137 Å². The van der Waals surface area contributed by atoms with Crippen LogP contribution in [0.15, 0.2) is 30.3 Å². The highest BCUT2D eigenvalue weighted by atomic mass is 16.5. The smallest absolute Gasteiger partial charge is 0.241 e. The van der Waals surface area contributed by atoms with Crippen molar-refractivity contribution in [1.82, 2.24) is 9.80 Å². The maximum Gasteiger partial charge on any atom is 0.241 e. The minimum absolute atomic E-state index is 0.0710. The highest BCUT2D eigenvalue weighted by Crippen LogP contribution is 2.12. The second-order valence-electron chi connectivity index (χ2n) is 5.78. The third-order valence-electron chi connectivity index (χ3n) is 4.19. The minimum Gasteiger partial charge on any atom is -0.384 e. The Kier molecular flexibility index (Phi) is 6.55. The van der Waals surface area contributed by atoms with E-state index in [-0.39, 0.29) is 12.3 Å². The molecule has 1 fully saturated rings. The molecule has 2 N–H and O–H groups in total. The Balaban J connectivity index is 1.90. The summed E-state index contributed by atoms with van der Waals surface area (Å²) in [6.07, 6.45) is 1.20. The number of piperazine rings is 1. The molecule has 1 atom stereocenters. The van der Waals surface area contributed by atoms with E-state index in [4.69, 9.17) is 10.5 Å². The van der Waals surface area contributed by atoms with E-state index in [0.717, 1.165) is 19.5 Å². The summed E-state index contributed by atoms with van der Waals surface area (Å²) >= 11 is 0. The summed E-state index contributed by atoms with van der Waals surface area (Å²) in [6.45, 7) is 3.01. The van der Waals surface area contributed by atoms with E-state index in [1.807, 2.05) is 18.2 Å². The molecule has 1 unspecified atom stereocenters. The molecule has 0 bridgehead atoms. The zero-order chi connectivity index (χ0) is 16.7. The molecular weight excluding hydrogens is 294 g/mol. The number of hydrogen-bond acceptors (Lipinski definition) is 4. The first-order valence-corrected chi connectivity index (χ1v) is 7.96. The molecule has 23 heavy (non-hydrogen) atoms. The number of rotatable bonds is 7. The number of nitrogens with two attached hydrogens (primary N) is 1. The van der Waals surface area contributed by atoms with Crippen LogP contribution >= 0.6 is 0 Å². The molecule has 6 heteroatoms. The maximum atomic E-state index is 12.2.